The Balaban J connectivity index is 0.00000405. The van der Waals surface area contributed by atoms with Crippen LogP contribution in [0.3, 0.4) is 0 Å². The standard InChI is InChI=1S/C32H35FN4O4.ClH/c1-41-34-29(25-12-14-27(33)15-13-25)11-6-18-35-19-16-32(17-20-35)31(40)36(23-37(32)28-9-3-2-4-10-28)22-24-7-5-8-26(21-24)30(38)39;/h2-5,7-10,12-15,21H,6,11,16-20,22-23H2,1H3,(H,38,39);1H. The number of aromatic carboxylic acids is 1. The highest BCUT2D eigenvalue weighted by atomic mass is 35.5. The average molecular weight is 595 g/mol. The van der Waals surface area contributed by atoms with E-state index in [0.29, 0.717) is 32.5 Å². The average Bonchev–Trinajstić information content (AvgIpc) is 3.25. The molecule has 2 heterocycles. The lowest BCUT2D eigenvalue weighted by Gasteiger charge is -2.43. The van der Waals surface area contributed by atoms with E-state index in [4.69, 9.17) is 4.84 Å². The van der Waals surface area contributed by atoms with Gasteiger partial charge in [0.1, 0.15) is 18.5 Å². The van der Waals surface area contributed by atoms with Crippen molar-refractivity contribution in [2.45, 2.75) is 37.8 Å². The number of carbonyl (C=O) groups is 2. The van der Waals surface area contributed by atoms with Crippen LogP contribution in [0.5, 0.6) is 0 Å². The van der Waals surface area contributed by atoms with Crippen molar-refractivity contribution in [1.29, 1.82) is 0 Å². The Morgan fingerprint density at radius 2 is 1.71 bits per heavy atom. The Morgan fingerprint density at radius 1 is 1.00 bits per heavy atom. The van der Waals surface area contributed by atoms with Crippen molar-refractivity contribution in [3.63, 3.8) is 0 Å². The predicted molar refractivity (Wildman–Crippen MR) is 163 cm³/mol. The van der Waals surface area contributed by atoms with Crippen molar-refractivity contribution < 1.29 is 23.9 Å². The first kappa shape index (κ1) is 31.0. The lowest BCUT2D eigenvalue weighted by Crippen LogP contribution is -2.56. The first-order valence-electron chi connectivity index (χ1n) is 13.9. The van der Waals surface area contributed by atoms with E-state index in [-0.39, 0.29) is 29.7 Å². The van der Waals surface area contributed by atoms with E-state index in [2.05, 4.69) is 15.0 Å². The van der Waals surface area contributed by atoms with E-state index in [1.54, 1.807) is 30.3 Å². The zero-order chi connectivity index (χ0) is 28.8. The summed E-state index contributed by atoms with van der Waals surface area (Å²) < 4.78 is 13.4. The van der Waals surface area contributed by atoms with Gasteiger partial charge in [-0.25, -0.2) is 9.18 Å². The van der Waals surface area contributed by atoms with Crippen molar-refractivity contribution in [2.24, 2.45) is 5.16 Å². The molecule has 0 unspecified atom stereocenters. The highest BCUT2D eigenvalue weighted by Gasteiger charge is 2.53. The highest BCUT2D eigenvalue weighted by Crippen LogP contribution is 2.40. The van der Waals surface area contributed by atoms with E-state index < -0.39 is 11.5 Å². The minimum absolute atomic E-state index is 0. The minimum atomic E-state index is -0.979. The monoisotopic (exact) mass is 594 g/mol. The van der Waals surface area contributed by atoms with Crippen LogP contribution < -0.4 is 4.90 Å². The molecule has 8 nitrogen and oxygen atoms in total. The molecule has 2 aliphatic heterocycles. The second-order valence-corrected chi connectivity index (χ2v) is 10.6. The maximum Gasteiger partial charge on any atom is 0.335 e. The van der Waals surface area contributed by atoms with Gasteiger partial charge in [0.2, 0.25) is 5.91 Å². The molecule has 0 aliphatic carbocycles. The number of para-hydroxylation sites is 1. The molecule has 5 rings (SSSR count). The second kappa shape index (κ2) is 13.8. The Labute approximate surface area is 251 Å². The lowest BCUT2D eigenvalue weighted by molar-refractivity contribution is -0.134. The molecule has 2 aliphatic rings. The van der Waals surface area contributed by atoms with Crippen LogP contribution in [0.4, 0.5) is 10.1 Å². The van der Waals surface area contributed by atoms with Gasteiger partial charge >= 0.3 is 5.97 Å². The number of carbonyl (C=O) groups excluding carboxylic acids is 1. The van der Waals surface area contributed by atoms with Gasteiger partial charge in [0, 0.05) is 25.3 Å². The number of amides is 1. The van der Waals surface area contributed by atoms with Gasteiger partial charge in [-0.1, -0.05) is 47.6 Å². The number of oxime groups is 1. The zero-order valence-corrected chi connectivity index (χ0v) is 24.4. The van der Waals surface area contributed by atoms with Crippen LogP contribution in [-0.4, -0.2) is 71.4 Å². The molecular formula is C32H36ClFN4O4. The second-order valence-electron chi connectivity index (χ2n) is 10.6. The molecule has 0 saturated carbocycles. The van der Waals surface area contributed by atoms with Gasteiger partial charge in [-0.15, -0.1) is 12.4 Å². The molecule has 0 atom stereocenters. The maximum absolute atomic E-state index is 14.0. The summed E-state index contributed by atoms with van der Waals surface area (Å²) in [6, 6.07) is 23.1. The number of halogens is 2. The molecule has 3 aromatic rings. The number of carboxylic acid groups (broad SMARTS) is 1. The molecule has 2 fully saturated rings. The summed E-state index contributed by atoms with van der Waals surface area (Å²) in [4.78, 5) is 37.0. The van der Waals surface area contributed by atoms with Crippen LogP contribution in [0.2, 0.25) is 0 Å². The molecular weight excluding hydrogens is 559 g/mol. The molecule has 1 spiro atoms. The van der Waals surface area contributed by atoms with Crippen molar-refractivity contribution in [3.05, 3.63) is 101 Å². The molecule has 0 radical (unpaired) electrons. The Kier molecular flexibility index (Phi) is 10.2. The Bertz CT molecular complexity index is 1400. The summed E-state index contributed by atoms with van der Waals surface area (Å²) >= 11 is 0. The lowest BCUT2D eigenvalue weighted by atomic mass is 9.85. The van der Waals surface area contributed by atoms with E-state index in [9.17, 15) is 19.1 Å². The van der Waals surface area contributed by atoms with Crippen molar-refractivity contribution in [1.82, 2.24) is 9.80 Å². The number of hydrogen-bond acceptors (Lipinski definition) is 6. The molecule has 0 aromatic heterocycles. The summed E-state index contributed by atoms with van der Waals surface area (Å²) in [5, 5.41) is 13.6. The van der Waals surface area contributed by atoms with Crippen molar-refractivity contribution in [2.75, 3.05) is 38.3 Å². The molecule has 1 amide bonds. The van der Waals surface area contributed by atoms with Gasteiger partial charge < -0.3 is 24.6 Å². The fourth-order valence-electron chi connectivity index (χ4n) is 5.96. The molecule has 10 heteroatoms. The number of likely N-dealkylation sites (tertiary alicyclic amines) is 1. The van der Waals surface area contributed by atoms with Crippen molar-refractivity contribution in [3.8, 4) is 0 Å². The van der Waals surface area contributed by atoms with E-state index in [1.807, 2.05) is 41.3 Å². The number of piperidine rings is 1. The highest BCUT2D eigenvalue weighted by molar-refractivity contribution is 6.00. The normalized spacial score (nSPS) is 16.9. The molecule has 222 valence electrons. The largest absolute Gasteiger partial charge is 0.478 e. The zero-order valence-electron chi connectivity index (χ0n) is 23.6. The molecule has 3 aromatic carbocycles. The number of anilines is 1. The topological polar surface area (TPSA) is 85.7 Å². The molecule has 2 saturated heterocycles. The minimum Gasteiger partial charge on any atom is -0.478 e. The van der Waals surface area contributed by atoms with Gasteiger partial charge in [0.25, 0.3) is 0 Å². The number of nitrogens with zero attached hydrogens (tertiary/aromatic N) is 4. The van der Waals surface area contributed by atoms with Crippen LogP contribution >= 0.6 is 12.4 Å². The van der Waals surface area contributed by atoms with Gasteiger partial charge in [-0.3, -0.25) is 4.79 Å². The van der Waals surface area contributed by atoms with Crippen LogP contribution in [0.1, 0.15) is 47.2 Å². The first-order valence-corrected chi connectivity index (χ1v) is 13.9. The van der Waals surface area contributed by atoms with Gasteiger partial charge in [-0.05, 0) is 79.8 Å². The number of rotatable bonds is 10. The van der Waals surface area contributed by atoms with Crippen LogP contribution in [-0.2, 0) is 16.2 Å². The number of hydrogen-bond donors (Lipinski definition) is 1. The fraction of sp³-hybridized carbons (Fsp3) is 0.344. The smallest absolute Gasteiger partial charge is 0.335 e. The number of carboxylic acids is 1. The van der Waals surface area contributed by atoms with Gasteiger partial charge in [0.15, 0.2) is 0 Å². The molecule has 1 N–H and O–H groups in total. The van der Waals surface area contributed by atoms with Crippen LogP contribution in [0.15, 0.2) is 84.0 Å². The summed E-state index contributed by atoms with van der Waals surface area (Å²) in [5.41, 5.74) is 3.01. The maximum atomic E-state index is 14.0. The third-order valence-electron chi connectivity index (χ3n) is 8.08. The summed E-state index contributed by atoms with van der Waals surface area (Å²) in [5.74, 6) is -1.17. The quantitative estimate of drug-likeness (QED) is 0.249. The van der Waals surface area contributed by atoms with Crippen LogP contribution in [0.25, 0.3) is 0 Å². The van der Waals surface area contributed by atoms with Gasteiger partial charge in [-0.2, -0.15) is 0 Å². The molecule has 42 heavy (non-hydrogen) atoms. The van der Waals surface area contributed by atoms with Gasteiger partial charge in [0.05, 0.1) is 17.9 Å². The van der Waals surface area contributed by atoms with E-state index in [1.165, 1.54) is 19.2 Å². The Morgan fingerprint density at radius 3 is 2.38 bits per heavy atom. The Hall–Kier alpha value is -3.95. The van der Waals surface area contributed by atoms with E-state index in [0.717, 1.165) is 48.6 Å². The first-order chi connectivity index (χ1) is 19.9. The fourth-order valence-corrected chi connectivity index (χ4v) is 5.96. The predicted octanol–water partition coefficient (Wildman–Crippen LogP) is 5.42. The third kappa shape index (κ3) is 6.74. The van der Waals surface area contributed by atoms with Crippen LogP contribution in [0, 0.1) is 5.82 Å². The van der Waals surface area contributed by atoms with Crippen molar-refractivity contribution >= 4 is 35.7 Å². The summed E-state index contributed by atoms with van der Waals surface area (Å²) in [6.07, 6.45) is 2.95. The SMILES string of the molecule is CON=C(CCCN1CCC2(CC1)C(=O)N(Cc1cccc(C(=O)O)c1)CN2c1ccccc1)c1ccc(F)cc1.Cl. The third-order valence-corrected chi connectivity index (χ3v) is 8.08. The number of benzene rings is 3. The summed E-state index contributed by atoms with van der Waals surface area (Å²) in [6.45, 7) is 3.23. The molecule has 0 bridgehead atoms. The van der Waals surface area contributed by atoms with E-state index >= 15 is 0 Å². The summed E-state index contributed by atoms with van der Waals surface area (Å²) in [7, 11) is 1.51.